The minimum atomic E-state index is -0.0698. The average Bonchev–Trinajstić information content (AvgIpc) is 2.16. The molecule has 0 aliphatic rings. The molecule has 0 bridgehead atoms. The van der Waals surface area contributed by atoms with Gasteiger partial charge in [-0.1, -0.05) is 55.6 Å². The Labute approximate surface area is 103 Å². The summed E-state index contributed by atoms with van der Waals surface area (Å²) in [7, 11) is 0. The summed E-state index contributed by atoms with van der Waals surface area (Å²) in [6.45, 7) is 0. The number of nitrogens with zero attached hydrogens (tertiary/aromatic N) is 2. The molecule has 1 aromatic carbocycles. The van der Waals surface area contributed by atoms with Gasteiger partial charge in [-0.3, -0.25) is 0 Å². The molecule has 2 rings (SSSR count). The van der Waals surface area contributed by atoms with Gasteiger partial charge in [0.15, 0.2) is 5.15 Å². The van der Waals surface area contributed by atoms with Crippen molar-refractivity contribution in [2.45, 2.75) is 3.74 Å². The van der Waals surface area contributed by atoms with Gasteiger partial charge in [-0.25, -0.2) is 9.97 Å². The minimum absolute atomic E-state index is 0.0698. The molecule has 0 aliphatic carbocycles. The van der Waals surface area contributed by atoms with Crippen molar-refractivity contribution in [2.24, 2.45) is 0 Å². The number of halogens is 3. The number of hydrogen-bond donors (Lipinski definition) is 0. The SMILES string of the molecule is Clc1nc2ccccc2nc1C(Br)Br. The van der Waals surface area contributed by atoms with Gasteiger partial charge in [0.05, 0.1) is 11.0 Å². The zero-order valence-corrected chi connectivity index (χ0v) is 10.8. The van der Waals surface area contributed by atoms with E-state index < -0.39 is 0 Å². The molecule has 0 aliphatic heterocycles. The molecule has 0 saturated heterocycles. The second-order valence-corrected chi connectivity index (χ2v) is 6.11. The Morgan fingerprint density at radius 1 is 1.07 bits per heavy atom. The lowest BCUT2D eigenvalue weighted by atomic mass is 10.3. The first-order valence-corrected chi connectivity index (χ1v) is 6.10. The van der Waals surface area contributed by atoms with Crippen LogP contribution in [0, 0.1) is 0 Å². The predicted molar refractivity (Wildman–Crippen MR) is 65.1 cm³/mol. The zero-order chi connectivity index (χ0) is 10.1. The van der Waals surface area contributed by atoms with E-state index in [1.54, 1.807) is 0 Å². The van der Waals surface area contributed by atoms with Crippen molar-refractivity contribution in [1.29, 1.82) is 0 Å². The first-order valence-electron chi connectivity index (χ1n) is 3.89. The summed E-state index contributed by atoms with van der Waals surface area (Å²) < 4.78 is -0.0698. The van der Waals surface area contributed by atoms with Crippen molar-refractivity contribution in [3.8, 4) is 0 Å². The van der Waals surface area contributed by atoms with Crippen LogP contribution < -0.4 is 0 Å². The number of rotatable bonds is 1. The smallest absolute Gasteiger partial charge is 0.153 e. The molecule has 0 fully saturated rings. The topological polar surface area (TPSA) is 25.8 Å². The Morgan fingerprint density at radius 3 is 2.21 bits per heavy atom. The van der Waals surface area contributed by atoms with Crippen LogP contribution in [0.4, 0.5) is 0 Å². The molecule has 0 radical (unpaired) electrons. The number of benzene rings is 1. The third kappa shape index (κ3) is 1.92. The summed E-state index contributed by atoms with van der Waals surface area (Å²) in [5.41, 5.74) is 2.35. The van der Waals surface area contributed by atoms with E-state index in [4.69, 9.17) is 11.6 Å². The molecule has 0 spiro atoms. The number of hydrogen-bond acceptors (Lipinski definition) is 2. The maximum atomic E-state index is 5.96. The fourth-order valence-electron chi connectivity index (χ4n) is 1.13. The van der Waals surface area contributed by atoms with E-state index in [2.05, 4.69) is 41.8 Å². The maximum absolute atomic E-state index is 5.96. The Hall–Kier alpha value is -0.190. The standard InChI is InChI=1S/C9H5Br2ClN2/c10-8(11)7-9(12)14-6-4-2-1-3-5(6)13-7/h1-4,8H. The molecule has 14 heavy (non-hydrogen) atoms. The molecule has 1 aromatic heterocycles. The van der Waals surface area contributed by atoms with E-state index in [0.29, 0.717) is 10.8 Å². The van der Waals surface area contributed by atoms with Gasteiger partial charge in [-0.05, 0) is 12.1 Å². The Bertz CT molecular complexity index is 473. The highest BCUT2D eigenvalue weighted by atomic mass is 79.9. The summed E-state index contributed by atoms with van der Waals surface area (Å²) in [5, 5.41) is 0.419. The molecule has 1 heterocycles. The molecule has 5 heteroatoms. The summed E-state index contributed by atoms with van der Waals surface area (Å²) in [6, 6.07) is 7.62. The van der Waals surface area contributed by atoms with E-state index >= 15 is 0 Å². The van der Waals surface area contributed by atoms with Crippen molar-refractivity contribution in [3.63, 3.8) is 0 Å². The monoisotopic (exact) mass is 334 g/mol. The van der Waals surface area contributed by atoms with Crippen molar-refractivity contribution in [3.05, 3.63) is 35.1 Å². The van der Waals surface area contributed by atoms with Gasteiger partial charge >= 0.3 is 0 Å². The maximum Gasteiger partial charge on any atom is 0.153 e. The van der Waals surface area contributed by atoms with Crippen molar-refractivity contribution in [1.82, 2.24) is 9.97 Å². The molecular formula is C9H5Br2ClN2. The molecule has 2 nitrogen and oxygen atoms in total. The van der Waals surface area contributed by atoms with Crippen LogP contribution in [0.3, 0.4) is 0 Å². The molecule has 0 amide bonds. The van der Waals surface area contributed by atoms with Crippen LogP contribution in [0.2, 0.25) is 5.15 Å². The lowest BCUT2D eigenvalue weighted by Crippen LogP contribution is -1.93. The number of fused-ring (bicyclic) bond motifs is 1. The highest BCUT2D eigenvalue weighted by Crippen LogP contribution is 2.32. The summed E-state index contributed by atoms with van der Waals surface area (Å²) in [6.07, 6.45) is 0. The number of aromatic nitrogens is 2. The van der Waals surface area contributed by atoms with Gasteiger partial charge < -0.3 is 0 Å². The van der Waals surface area contributed by atoms with Crippen LogP contribution in [-0.2, 0) is 0 Å². The van der Waals surface area contributed by atoms with Crippen LogP contribution in [0.5, 0.6) is 0 Å². The second kappa shape index (κ2) is 4.13. The Morgan fingerprint density at radius 2 is 1.64 bits per heavy atom. The van der Waals surface area contributed by atoms with Crippen LogP contribution in [0.25, 0.3) is 11.0 Å². The van der Waals surface area contributed by atoms with E-state index in [1.807, 2.05) is 24.3 Å². The molecule has 0 N–H and O–H groups in total. The summed E-state index contributed by atoms with van der Waals surface area (Å²) in [5.74, 6) is 0. The van der Waals surface area contributed by atoms with Gasteiger partial charge in [0.1, 0.15) is 9.43 Å². The molecule has 0 saturated carbocycles. The predicted octanol–water partition coefficient (Wildman–Crippen LogP) is 4.07. The third-order valence-corrected chi connectivity index (χ3v) is 2.90. The number of alkyl halides is 2. The van der Waals surface area contributed by atoms with Gasteiger partial charge in [-0.2, -0.15) is 0 Å². The van der Waals surface area contributed by atoms with Crippen LogP contribution >= 0.6 is 43.5 Å². The fourth-order valence-corrected chi connectivity index (χ4v) is 2.28. The second-order valence-electron chi connectivity index (χ2n) is 2.69. The molecular weight excluding hydrogens is 331 g/mol. The van der Waals surface area contributed by atoms with E-state index in [-0.39, 0.29) is 3.74 Å². The minimum Gasteiger partial charge on any atom is -0.246 e. The molecule has 2 aromatic rings. The Balaban J connectivity index is 2.71. The first kappa shape index (κ1) is 10.3. The van der Waals surface area contributed by atoms with Crippen LogP contribution in [-0.4, -0.2) is 9.97 Å². The summed E-state index contributed by atoms with van der Waals surface area (Å²) in [4.78, 5) is 8.63. The van der Waals surface area contributed by atoms with Crippen molar-refractivity contribution in [2.75, 3.05) is 0 Å². The first-order chi connectivity index (χ1) is 6.68. The van der Waals surface area contributed by atoms with E-state index in [1.165, 1.54) is 0 Å². The molecule has 0 atom stereocenters. The lowest BCUT2D eigenvalue weighted by Gasteiger charge is -2.05. The van der Waals surface area contributed by atoms with Gasteiger partial charge in [0.25, 0.3) is 0 Å². The lowest BCUT2D eigenvalue weighted by molar-refractivity contribution is 1.17. The van der Waals surface area contributed by atoms with Crippen molar-refractivity contribution < 1.29 is 0 Å². The van der Waals surface area contributed by atoms with Crippen molar-refractivity contribution >= 4 is 54.5 Å². The van der Waals surface area contributed by atoms with E-state index in [9.17, 15) is 0 Å². The highest BCUT2D eigenvalue weighted by Gasteiger charge is 2.11. The average molecular weight is 336 g/mol. The normalized spacial score (nSPS) is 11.1. The van der Waals surface area contributed by atoms with Gasteiger partial charge in [0, 0.05) is 0 Å². The van der Waals surface area contributed by atoms with Gasteiger partial charge in [-0.15, -0.1) is 0 Å². The van der Waals surface area contributed by atoms with Gasteiger partial charge in [0.2, 0.25) is 0 Å². The molecule has 0 unspecified atom stereocenters. The fraction of sp³-hybridized carbons (Fsp3) is 0.111. The number of para-hydroxylation sites is 2. The quantitative estimate of drug-likeness (QED) is 0.734. The molecule has 72 valence electrons. The summed E-state index contributed by atoms with van der Waals surface area (Å²) >= 11 is 12.7. The zero-order valence-electron chi connectivity index (χ0n) is 6.92. The Kier molecular flexibility index (Phi) is 3.04. The van der Waals surface area contributed by atoms with Crippen LogP contribution in [0.1, 0.15) is 9.43 Å². The van der Waals surface area contributed by atoms with Crippen LogP contribution in [0.15, 0.2) is 24.3 Å². The van der Waals surface area contributed by atoms with E-state index in [0.717, 1.165) is 11.0 Å². The third-order valence-electron chi connectivity index (χ3n) is 1.76. The largest absolute Gasteiger partial charge is 0.246 e. The highest BCUT2D eigenvalue weighted by molar-refractivity contribution is 9.24.